The molecule has 11 heteroatoms. The highest BCUT2D eigenvalue weighted by atomic mass is 19.4. The highest BCUT2D eigenvalue weighted by Crippen LogP contribution is 2.34. The van der Waals surface area contributed by atoms with Gasteiger partial charge in [0.15, 0.2) is 0 Å². The Morgan fingerprint density at radius 2 is 1.90 bits per heavy atom. The second kappa shape index (κ2) is 7.31. The van der Waals surface area contributed by atoms with Crippen molar-refractivity contribution in [3.05, 3.63) is 35.2 Å². The fourth-order valence-corrected chi connectivity index (χ4v) is 4.41. The van der Waals surface area contributed by atoms with Gasteiger partial charge in [-0.1, -0.05) is 0 Å². The topological polar surface area (TPSA) is 78.4 Å². The zero-order valence-corrected chi connectivity index (χ0v) is 17.1. The third-order valence-corrected chi connectivity index (χ3v) is 6.14. The normalized spacial score (nSPS) is 20.8. The molecule has 5 heterocycles. The first kappa shape index (κ1) is 20.0. The number of carbonyl (C=O) groups excluding carboxylic acids is 1. The zero-order chi connectivity index (χ0) is 21.8. The van der Waals surface area contributed by atoms with E-state index in [4.69, 9.17) is 0 Å². The van der Waals surface area contributed by atoms with Gasteiger partial charge in [-0.15, -0.1) is 0 Å². The van der Waals surface area contributed by atoms with Crippen LogP contribution in [0.25, 0.3) is 0 Å². The fraction of sp³-hybridized carbons (Fsp3) is 0.550. The number of halogens is 3. The van der Waals surface area contributed by atoms with Crippen LogP contribution in [0.1, 0.15) is 35.6 Å². The number of amides is 1. The third-order valence-electron chi connectivity index (χ3n) is 6.14. The molecule has 0 bridgehead atoms. The van der Waals surface area contributed by atoms with E-state index in [0.717, 1.165) is 49.0 Å². The van der Waals surface area contributed by atoms with E-state index in [9.17, 15) is 18.0 Å². The number of aromatic nitrogens is 4. The maximum Gasteiger partial charge on any atom is 0.433 e. The van der Waals surface area contributed by atoms with Crippen molar-refractivity contribution in [2.75, 3.05) is 36.0 Å². The van der Waals surface area contributed by atoms with Gasteiger partial charge in [0.1, 0.15) is 29.5 Å². The van der Waals surface area contributed by atoms with Crippen LogP contribution in [0.3, 0.4) is 0 Å². The summed E-state index contributed by atoms with van der Waals surface area (Å²) in [5.74, 6) is 1.53. The molecule has 1 unspecified atom stereocenters. The van der Waals surface area contributed by atoms with E-state index in [1.807, 2.05) is 6.92 Å². The molecule has 1 amide bonds. The number of anilines is 2. The lowest BCUT2D eigenvalue weighted by molar-refractivity contribution is -0.141. The minimum atomic E-state index is -4.53. The molecule has 3 aliphatic rings. The van der Waals surface area contributed by atoms with E-state index < -0.39 is 11.9 Å². The molecule has 8 nitrogen and oxygen atoms in total. The molecule has 0 spiro atoms. The Morgan fingerprint density at radius 3 is 2.61 bits per heavy atom. The van der Waals surface area contributed by atoms with Crippen molar-refractivity contribution < 1.29 is 18.0 Å². The highest BCUT2D eigenvalue weighted by Gasteiger charge is 2.38. The number of nitrogens with zero attached hydrogens (tertiary/aromatic N) is 7. The summed E-state index contributed by atoms with van der Waals surface area (Å²) in [6, 6.07) is 0.941. The molecule has 2 fully saturated rings. The Kier molecular flexibility index (Phi) is 4.71. The lowest BCUT2D eigenvalue weighted by atomic mass is 10.1. The Labute approximate surface area is 177 Å². The van der Waals surface area contributed by atoms with Crippen LogP contribution in [0.15, 0.2) is 12.4 Å². The number of alkyl halides is 3. The van der Waals surface area contributed by atoms with Crippen LogP contribution < -0.4 is 9.80 Å². The van der Waals surface area contributed by atoms with E-state index in [1.54, 1.807) is 9.80 Å². The van der Waals surface area contributed by atoms with Crippen molar-refractivity contribution in [3.8, 4) is 0 Å². The van der Waals surface area contributed by atoms with Crippen LogP contribution >= 0.6 is 0 Å². The molecule has 0 aromatic carbocycles. The van der Waals surface area contributed by atoms with Crippen LogP contribution in [-0.2, 0) is 24.1 Å². The molecule has 0 aliphatic carbocycles. The van der Waals surface area contributed by atoms with Gasteiger partial charge >= 0.3 is 6.18 Å². The number of carbonyl (C=O) groups is 1. The van der Waals surface area contributed by atoms with Gasteiger partial charge in [0.05, 0.1) is 24.7 Å². The first-order valence-electron chi connectivity index (χ1n) is 10.3. The Bertz CT molecular complexity index is 1020. The Hall–Kier alpha value is -2.98. The second-order valence-electron chi connectivity index (χ2n) is 8.25. The van der Waals surface area contributed by atoms with E-state index in [0.29, 0.717) is 38.4 Å². The summed E-state index contributed by atoms with van der Waals surface area (Å²) >= 11 is 0. The SMILES string of the molecule is Cc1nc2c(c(N3CCC3)n1)CN(C(=O)C1CCN(c3cc(C(F)(F)F)ncn3)C1)C2. The zero-order valence-electron chi connectivity index (χ0n) is 17.1. The van der Waals surface area contributed by atoms with E-state index in [2.05, 4.69) is 24.8 Å². The maximum atomic E-state index is 13.2. The molecule has 0 saturated carbocycles. The molecule has 3 aliphatic heterocycles. The lowest BCUT2D eigenvalue weighted by Gasteiger charge is -2.33. The molecule has 0 radical (unpaired) electrons. The highest BCUT2D eigenvalue weighted by molar-refractivity contribution is 5.81. The molecule has 2 saturated heterocycles. The second-order valence-corrected chi connectivity index (χ2v) is 8.25. The first-order chi connectivity index (χ1) is 14.8. The minimum absolute atomic E-state index is 0.00202. The van der Waals surface area contributed by atoms with Crippen molar-refractivity contribution in [2.24, 2.45) is 5.92 Å². The van der Waals surface area contributed by atoms with Gasteiger partial charge in [0, 0.05) is 37.8 Å². The number of aryl methyl sites for hydroxylation is 1. The molecular weight excluding hydrogens is 411 g/mol. The third kappa shape index (κ3) is 3.66. The molecule has 0 N–H and O–H groups in total. The van der Waals surface area contributed by atoms with Crippen LogP contribution in [0.4, 0.5) is 24.8 Å². The van der Waals surface area contributed by atoms with Crippen molar-refractivity contribution >= 4 is 17.5 Å². The fourth-order valence-electron chi connectivity index (χ4n) is 4.41. The molecule has 2 aromatic rings. The number of fused-ring (bicyclic) bond motifs is 1. The summed E-state index contributed by atoms with van der Waals surface area (Å²) in [5, 5.41) is 0. The summed E-state index contributed by atoms with van der Waals surface area (Å²) in [6.07, 6.45) is -1.90. The molecule has 31 heavy (non-hydrogen) atoms. The van der Waals surface area contributed by atoms with Gasteiger partial charge in [-0.2, -0.15) is 13.2 Å². The Balaban J connectivity index is 1.29. The van der Waals surface area contributed by atoms with Gasteiger partial charge in [0.2, 0.25) is 5.91 Å². The predicted molar refractivity (Wildman–Crippen MR) is 105 cm³/mol. The van der Waals surface area contributed by atoms with Crippen LogP contribution in [0, 0.1) is 12.8 Å². The largest absolute Gasteiger partial charge is 0.433 e. The minimum Gasteiger partial charge on any atom is -0.356 e. The molecular formula is C20H22F3N7O. The van der Waals surface area contributed by atoms with E-state index >= 15 is 0 Å². The molecule has 1 atom stereocenters. The summed E-state index contributed by atoms with van der Waals surface area (Å²) in [7, 11) is 0. The van der Waals surface area contributed by atoms with Gasteiger partial charge in [-0.3, -0.25) is 4.79 Å². The Morgan fingerprint density at radius 1 is 1.10 bits per heavy atom. The molecule has 164 valence electrons. The standard InChI is InChI=1S/C20H22F3N7O/c1-12-26-15-10-30(9-14(15)18(27-12)28-4-2-5-28)19(31)13-3-6-29(8-13)17-7-16(20(21,22)23)24-11-25-17/h7,11,13H,2-6,8-10H2,1H3. The average Bonchev–Trinajstić information content (AvgIpc) is 3.33. The molecule has 2 aromatic heterocycles. The number of hydrogen-bond acceptors (Lipinski definition) is 7. The maximum absolute atomic E-state index is 13.2. The summed E-state index contributed by atoms with van der Waals surface area (Å²) in [5.41, 5.74) is 0.928. The number of hydrogen-bond donors (Lipinski definition) is 0. The summed E-state index contributed by atoms with van der Waals surface area (Å²) in [6.45, 7) is 5.52. The van der Waals surface area contributed by atoms with Crippen LogP contribution in [-0.4, -0.2) is 56.9 Å². The van der Waals surface area contributed by atoms with Gasteiger partial charge in [-0.05, 0) is 19.8 Å². The van der Waals surface area contributed by atoms with Crippen molar-refractivity contribution in [2.45, 2.75) is 39.0 Å². The van der Waals surface area contributed by atoms with Gasteiger partial charge < -0.3 is 14.7 Å². The predicted octanol–water partition coefficient (Wildman–Crippen LogP) is 2.17. The van der Waals surface area contributed by atoms with Crippen LogP contribution in [0.5, 0.6) is 0 Å². The van der Waals surface area contributed by atoms with Crippen molar-refractivity contribution in [1.29, 1.82) is 0 Å². The smallest absolute Gasteiger partial charge is 0.356 e. The van der Waals surface area contributed by atoms with E-state index in [1.165, 1.54) is 0 Å². The number of rotatable bonds is 3. The van der Waals surface area contributed by atoms with Crippen LogP contribution in [0.2, 0.25) is 0 Å². The molecule has 5 rings (SSSR count). The first-order valence-corrected chi connectivity index (χ1v) is 10.3. The quantitative estimate of drug-likeness (QED) is 0.734. The van der Waals surface area contributed by atoms with Crippen molar-refractivity contribution in [3.63, 3.8) is 0 Å². The van der Waals surface area contributed by atoms with Gasteiger partial charge in [-0.25, -0.2) is 19.9 Å². The monoisotopic (exact) mass is 433 g/mol. The van der Waals surface area contributed by atoms with Gasteiger partial charge in [0.25, 0.3) is 0 Å². The summed E-state index contributed by atoms with van der Waals surface area (Å²) in [4.78, 5) is 35.4. The van der Waals surface area contributed by atoms with E-state index in [-0.39, 0.29) is 17.6 Å². The lowest BCUT2D eigenvalue weighted by Crippen LogP contribution is -2.39. The van der Waals surface area contributed by atoms with Crippen molar-refractivity contribution in [1.82, 2.24) is 24.8 Å². The summed E-state index contributed by atoms with van der Waals surface area (Å²) < 4.78 is 38.9. The average molecular weight is 433 g/mol.